The zero-order valence-electron chi connectivity index (χ0n) is 14.9. The molecule has 1 saturated heterocycles. The van der Waals surface area contributed by atoms with E-state index in [0.717, 1.165) is 44.8 Å². The van der Waals surface area contributed by atoms with E-state index in [-0.39, 0.29) is 6.10 Å². The number of aliphatic hydroxyl groups excluding tert-OH is 1. The second-order valence-corrected chi connectivity index (χ2v) is 6.59. The largest absolute Gasteiger partial charge is 0.494 e. The van der Waals surface area contributed by atoms with Crippen molar-refractivity contribution in [3.05, 3.63) is 59.7 Å². The molecular formula is C21H28N2O2. The van der Waals surface area contributed by atoms with Crippen molar-refractivity contribution < 1.29 is 9.84 Å². The van der Waals surface area contributed by atoms with Crippen molar-refractivity contribution in [3.8, 4) is 5.75 Å². The van der Waals surface area contributed by atoms with Gasteiger partial charge < -0.3 is 15.2 Å². The summed E-state index contributed by atoms with van der Waals surface area (Å²) in [5, 5.41) is 13.2. The number of rotatable bonds is 7. The molecule has 134 valence electrons. The van der Waals surface area contributed by atoms with Gasteiger partial charge >= 0.3 is 0 Å². The number of nitrogens with zero attached hydrogens (tertiary/aromatic N) is 1. The number of aliphatic hydroxyl groups is 1. The van der Waals surface area contributed by atoms with Crippen molar-refractivity contribution in [1.82, 2.24) is 4.90 Å². The zero-order valence-corrected chi connectivity index (χ0v) is 14.9. The van der Waals surface area contributed by atoms with Crippen molar-refractivity contribution in [2.45, 2.75) is 39.0 Å². The van der Waals surface area contributed by atoms with Gasteiger partial charge in [0.15, 0.2) is 0 Å². The highest BCUT2D eigenvalue weighted by Crippen LogP contribution is 2.21. The van der Waals surface area contributed by atoms with Crippen LogP contribution in [0.3, 0.4) is 0 Å². The first kappa shape index (κ1) is 17.8. The number of ether oxygens (including phenoxy) is 1. The highest BCUT2D eigenvalue weighted by atomic mass is 16.5. The van der Waals surface area contributed by atoms with Gasteiger partial charge in [-0.15, -0.1) is 0 Å². The summed E-state index contributed by atoms with van der Waals surface area (Å²) in [4.78, 5) is 2.42. The third kappa shape index (κ3) is 5.21. The van der Waals surface area contributed by atoms with Crippen molar-refractivity contribution >= 4 is 5.69 Å². The number of nitrogens with one attached hydrogen (secondary N) is 1. The second kappa shape index (κ2) is 8.88. The summed E-state index contributed by atoms with van der Waals surface area (Å²) in [6.07, 6.45) is 1.63. The Morgan fingerprint density at radius 3 is 2.52 bits per heavy atom. The summed E-state index contributed by atoms with van der Waals surface area (Å²) in [6, 6.07) is 16.7. The number of hydrogen-bond acceptors (Lipinski definition) is 4. The SMILES string of the molecule is CCOc1ccc(CNc2ccccc2CN2CCC(O)CC2)cc1. The monoisotopic (exact) mass is 340 g/mol. The summed E-state index contributed by atoms with van der Waals surface area (Å²) >= 11 is 0. The quantitative estimate of drug-likeness (QED) is 0.807. The van der Waals surface area contributed by atoms with Crippen LogP contribution in [0.1, 0.15) is 30.9 Å². The van der Waals surface area contributed by atoms with Crippen LogP contribution in [-0.2, 0) is 13.1 Å². The lowest BCUT2D eigenvalue weighted by atomic mass is 10.1. The molecule has 0 amide bonds. The normalized spacial score (nSPS) is 15.9. The van der Waals surface area contributed by atoms with Gasteiger partial charge in [-0.1, -0.05) is 30.3 Å². The van der Waals surface area contributed by atoms with Crippen LogP contribution in [-0.4, -0.2) is 35.8 Å². The number of para-hydroxylation sites is 1. The third-order valence-electron chi connectivity index (χ3n) is 4.69. The van der Waals surface area contributed by atoms with E-state index in [1.807, 2.05) is 19.1 Å². The molecular weight excluding hydrogens is 312 g/mol. The Morgan fingerprint density at radius 1 is 1.08 bits per heavy atom. The molecule has 1 aliphatic rings. The van der Waals surface area contributed by atoms with Crippen LogP contribution in [0.5, 0.6) is 5.75 Å². The highest BCUT2D eigenvalue weighted by Gasteiger charge is 2.17. The minimum Gasteiger partial charge on any atom is -0.494 e. The molecule has 0 bridgehead atoms. The fourth-order valence-electron chi connectivity index (χ4n) is 3.22. The molecule has 4 heteroatoms. The number of anilines is 1. The standard InChI is InChI=1S/C21H28N2O2/c1-2-25-20-9-7-17(8-10-20)15-22-21-6-4-3-5-18(21)16-23-13-11-19(24)12-14-23/h3-10,19,22,24H,2,11-16H2,1H3. The minimum atomic E-state index is -0.121. The Kier molecular flexibility index (Phi) is 6.31. The van der Waals surface area contributed by atoms with Crippen LogP contribution in [0.25, 0.3) is 0 Å². The topological polar surface area (TPSA) is 44.7 Å². The molecule has 2 aromatic carbocycles. The Labute approximate surface area is 150 Å². The van der Waals surface area contributed by atoms with E-state index in [2.05, 4.69) is 46.6 Å². The van der Waals surface area contributed by atoms with Crippen LogP contribution < -0.4 is 10.1 Å². The number of likely N-dealkylation sites (tertiary alicyclic amines) is 1. The molecule has 1 fully saturated rings. The molecule has 0 saturated carbocycles. The van der Waals surface area contributed by atoms with Gasteiger partial charge in [0.1, 0.15) is 5.75 Å². The maximum absolute atomic E-state index is 9.66. The molecule has 3 rings (SSSR count). The molecule has 1 heterocycles. The molecule has 25 heavy (non-hydrogen) atoms. The van der Waals surface area contributed by atoms with E-state index < -0.39 is 0 Å². The first-order chi connectivity index (χ1) is 12.2. The van der Waals surface area contributed by atoms with Gasteiger partial charge in [-0.3, -0.25) is 4.90 Å². The predicted molar refractivity (Wildman–Crippen MR) is 102 cm³/mol. The van der Waals surface area contributed by atoms with E-state index >= 15 is 0 Å². The summed E-state index contributed by atoms with van der Waals surface area (Å²) in [5.74, 6) is 0.916. The second-order valence-electron chi connectivity index (χ2n) is 6.59. The van der Waals surface area contributed by atoms with Crippen LogP contribution in [0.2, 0.25) is 0 Å². The van der Waals surface area contributed by atoms with Crippen molar-refractivity contribution in [2.24, 2.45) is 0 Å². The lowest BCUT2D eigenvalue weighted by Crippen LogP contribution is -2.35. The fourth-order valence-corrected chi connectivity index (χ4v) is 3.22. The molecule has 0 atom stereocenters. The number of benzene rings is 2. The van der Waals surface area contributed by atoms with Gasteiger partial charge in [-0.05, 0) is 49.1 Å². The average Bonchev–Trinajstić information content (AvgIpc) is 2.64. The molecule has 2 N–H and O–H groups in total. The first-order valence-electron chi connectivity index (χ1n) is 9.18. The molecule has 0 unspecified atom stereocenters. The van der Waals surface area contributed by atoms with Gasteiger partial charge in [0.2, 0.25) is 0 Å². The summed E-state index contributed by atoms with van der Waals surface area (Å²) in [7, 11) is 0. The van der Waals surface area contributed by atoms with E-state index in [1.165, 1.54) is 16.8 Å². The number of hydrogen-bond donors (Lipinski definition) is 2. The molecule has 0 aliphatic carbocycles. The van der Waals surface area contributed by atoms with E-state index in [0.29, 0.717) is 6.61 Å². The van der Waals surface area contributed by atoms with Gasteiger partial charge in [0, 0.05) is 31.9 Å². The Bertz CT molecular complexity index is 649. The molecule has 0 aromatic heterocycles. The average molecular weight is 340 g/mol. The summed E-state index contributed by atoms with van der Waals surface area (Å²) in [6.45, 7) is 6.35. The van der Waals surface area contributed by atoms with Crippen LogP contribution in [0.15, 0.2) is 48.5 Å². The van der Waals surface area contributed by atoms with Crippen LogP contribution >= 0.6 is 0 Å². The minimum absolute atomic E-state index is 0.121. The van der Waals surface area contributed by atoms with Gasteiger partial charge in [0.05, 0.1) is 12.7 Å². The van der Waals surface area contributed by atoms with Gasteiger partial charge in [0.25, 0.3) is 0 Å². The third-order valence-corrected chi connectivity index (χ3v) is 4.69. The lowest BCUT2D eigenvalue weighted by molar-refractivity contribution is 0.0793. The molecule has 1 aliphatic heterocycles. The maximum atomic E-state index is 9.66. The Hall–Kier alpha value is -2.04. The van der Waals surface area contributed by atoms with E-state index in [9.17, 15) is 5.11 Å². The summed E-state index contributed by atoms with van der Waals surface area (Å²) < 4.78 is 5.49. The maximum Gasteiger partial charge on any atom is 0.119 e. The van der Waals surface area contributed by atoms with Crippen LogP contribution in [0.4, 0.5) is 5.69 Å². The summed E-state index contributed by atoms with van der Waals surface area (Å²) in [5.41, 5.74) is 3.73. The van der Waals surface area contributed by atoms with Crippen molar-refractivity contribution in [2.75, 3.05) is 25.0 Å². The predicted octanol–water partition coefficient (Wildman–Crippen LogP) is 3.65. The van der Waals surface area contributed by atoms with E-state index in [1.54, 1.807) is 0 Å². The lowest BCUT2D eigenvalue weighted by Gasteiger charge is -2.30. The highest BCUT2D eigenvalue weighted by molar-refractivity contribution is 5.51. The van der Waals surface area contributed by atoms with Crippen molar-refractivity contribution in [1.29, 1.82) is 0 Å². The van der Waals surface area contributed by atoms with E-state index in [4.69, 9.17) is 4.74 Å². The van der Waals surface area contributed by atoms with Gasteiger partial charge in [-0.25, -0.2) is 0 Å². The Balaban J connectivity index is 1.58. The first-order valence-corrected chi connectivity index (χ1v) is 9.18. The Morgan fingerprint density at radius 2 is 1.80 bits per heavy atom. The molecule has 0 spiro atoms. The van der Waals surface area contributed by atoms with Gasteiger partial charge in [-0.2, -0.15) is 0 Å². The smallest absolute Gasteiger partial charge is 0.119 e. The fraction of sp³-hybridized carbons (Fsp3) is 0.429. The molecule has 4 nitrogen and oxygen atoms in total. The van der Waals surface area contributed by atoms with Crippen LogP contribution in [0, 0.1) is 0 Å². The molecule has 2 aromatic rings. The van der Waals surface area contributed by atoms with Crippen molar-refractivity contribution in [3.63, 3.8) is 0 Å². The number of piperidine rings is 1. The molecule has 0 radical (unpaired) electrons. The zero-order chi connectivity index (χ0) is 17.5.